The highest BCUT2D eigenvalue weighted by molar-refractivity contribution is 7.91. The number of hydrogen-bond donors (Lipinski definition) is 4. The first kappa shape index (κ1) is 22.1. The van der Waals surface area contributed by atoms with Crippen LogP contribution in [0.1, 0.15) is 46.5 Å². The molecule has 166 valence electrons. The van der Waals surface area contributed by atoms with E-state index < -0.39 is 28.1 Å². The van der Waals surface area contributed by atoms with Gasteiger partial charge in [0, 0.05) is 15.6 Å². The van der Waals surface area contributed by atoms with Gasteiger partial charge in [0.15, 0.2) is 0 Å². The fourth-order valence-electron chi connectivity index (χ4n) is 3.87. The van der Waals surface area contributed by atoms with Crippen LogP contribution in [0.25, 0.3) is 0 Å². The molecule has 31 heavy (non-hydrogen) atoms. The number of rotatable bonds is 6. The lowest BCUT2D eigenvalue weighted by Gasteiger charge is -2.22. The molecule has 2 heterocycles. The minimum Gasteiger partial charge on any atom is -0.322 e. The van der Waals surface area contributed by atoms with Gasteiger partial charge in [0.1, 0.15) is 5.00 Å². The number of carbonyl (C=O) groups excluding carboxylic acids is 2. The molecule has 1 saturated heterocycles. The molecule has 0 bridgehead atoms. The van der Waals surface area contributed by atoms with Gasteiger partial charge >= 0.3 is 10.2 Å². The number of thiophene rings is 1. The smallest absolute Gasteiger partial charge is 0.322 e. The summed E-state index contributed by atoms with van der Waals surface area (Å²) in [5, 5.41) is 6.58. The number of carbonyl (C=O) groups is 2. The van der Waals surface area contributed by atoms with Gasteiger partial charge in [-0.3, -0.25) is 14.3 Å². The first-order valence-corrected chi connectivity index (χ1v) is 12.8. The van der Waals surface area contributed by atoms with E-state index in [0.717, 1.165) is 36.1 Å². The third-order valence-electron chi connectivity index (χ3n) is 5.34. The average molecular weight is 483 g/mol. The molecule has 2 aromatic rings. The minimum absolute atomic E-state index is 0.216. The van der Waals surface area contributed by atoms with Gasteiger partial charge in [-0.2, -0.15) is 8.42 Å². The van der Waals surface area contributed by atoms with Crippen LogP contribution in [0.3, 0.4) is 0 Å². The molecule has 11 heteroatoms. The predicted molar refractivity (Wildman–Crippen MR) is 122 cm³/mol. The summed E-state index contributed by atoms with van der Waals surface area (Å²) in [5.41, 5.74) is 1.72. The number of anilines is 2. The number of amides is 2. The van der Waals surface area contributed by atoms with E-state index in [-0.39, 0.29) is 5.00 Å². The van der Waals surface area contributed by atoms with Crippen LogP contribution in [-0.4, -0.2) is 32.8 Å². The predicted octanol–water partition coefficient (Wildman–Crippen LogP) is 3.06. The summed E-state index contributed by atoms with van der Waals surface area (Å²) >= 11 is 7.13. The number of piperidine rings is 1. The lowest BCUT2D eigenvalue weighted by atomic mass is 10.1. The van der Waals surface area contributed by atoms with Crippen molar-refractivity contribution in [1.82, 2.24) is 10.0 Å². The van der Waals surface area contributed by atoms with Crippen LogP contribution in [0.2, 0.25) is 5.02 Å². The molecular weight excluding hydrogens is 460 g/mol. The maximum absolute atomic E-state index is 13.0. The van der Waals surface area contributed by atoms with Crippen molar-refractivity contribution in [1.29, 1.82) is 0 Å². The summed E-state index contributed by atoms with van der Waals surface area (Å²) in [6, 6.07) is 6.13. The zero-order valence-electron chi connectivity index (χ0n) is 16.7. The molecule has 4 N–H and O–H groups in total. The largest absolute Gasteiger partial charge is 0.324 e. The molecule has 4 rings (SSSR count). The Hall–Kier alpha value is -2.14. The number of aryl methyl sites for hydroxylation is 1. The van der Waals surface area contributed by atoms with Crippen LogP contribution in [0.4, 0.5) is 10.7 Å². The van der Waals surface area contributed by atoms with Gasteiger partial charge in [0.2, 0.25) is 0 Å². The third-order valence-corrected chi connectivity index (χ3v) is 7.87. The Kier molecular flexibility index (Phi) is 6.52. The van der Waals surface area contributed by atoms with E-state index in [1.54, 1.807) is 24.3 Å². The second-order valence-corrected chi connectivity index (χ2v) is 10.6. The van der Waals surface area contributed by atoms with Crippen molar-refractivity contribution >= 4 is 55.6 Å². The summed E-state index contributed by atoms with van der Waals surface area (Å²) in [5.74, 6) is -0.997. The second kappa shape index (κ2) is 9.15. The molecule has 8 nitrogen and oxygen atoms in total. The van der Waals surface area contributed by atoms with Gasteiger partial charge < -0.3 is 10.6 Å². The topological polar surface area (TPSA) is 116 Å². The molecule has 1 aliphatic heterocycles. The Balaban J connectivity index is 1.53. The van der Waals surface area contributed by atoms with E-state index >= 15 is 0 Å². The Labute approximate surface area is 189 Å². The van der Waals surface area contributed by atoms with Crippen molar-refractivity contribution in [2.45, 2.75) is 44.6 Å². The van der Waals surface area contributed by atoms with Crippen LogP contribution >= 0.6 is 22.9 Å². The zero-order valence-corrected chi connectivity index (χ0v) is 19.1. The molecule has 2 aliphatic rings. The molecule has 1 aliphatic carbocycles. The van der Waals surface area contributed by atoms with E-state index in [0.29, 0.717) is 35.7 Å². The van der Waals surface area contributed by atoms with E-state index in [9.17, 15) is 18.0 Å². The second-order valence-electron chi connectivity index (χ2n) is 7.60. The Morgan fingerprint density at radius 1 is 1.10 bits per heavy atom. The van der Waals surface area contributed by atoms with Crippen molar-refractivity contribution in [2.75, 3.05) is 16.6 Å². The summed E-state index contributed by atoms with van der Waals surface area (Å²) in [7, 11) is -4.18. The molecule has 1 aromatic heterocycles. The van der Waals surface area contributed by atoms with Crippen molar-refractivity contribution in [3.63, 3.8) is 0 Å². The van der Waals surface area contributed by atoms with Crippen LogP contribution in [0.5, 0.6) is 0 Å². The monoisotopic (exact) mass is 482 g/mol. The van der Waals surface area contributed by atoms with Gasteiger partial charge in [-0.15, -0.1) is 11.3 Å². The molecular formula is C20H23ClN4O4S2. The summed E-state index contributed by atoms with van der Waals surface area (Å²) in [4.78, 5) is 26.4. The molecule has 0 saturated carbocycles. The molecule has 0 radical (unpaired) electrons. The summed E-state index contributed by atoms with van der Waals surface area (Å²) in [6.07, 6.45) is 4.83. The Bertz CT molecular complexity index is 1090. The molecule has 1 unspecified atom stereocenters. The standard InChI is InChI=1S/C20H23ClN4O4S2/c21-12-7-9-13(10-8-12)23-19(27)17-14-4-3-6-16(14)30-20(17)25-31(28,29)24-18(26)15-5-1-2-11-22-15/h7-10,15,22,25H,1-6,11H2,(H,23,27)(H,24,26). The van der Waals surface area contributed by atoms with Crippen LogP contribution in [-0.2, 0) is 27.8 Å². The van der Waals surface area contributed by atoms with Crippen molar-refractivity contribution in [3.05, 3.63) is 45.3 Å². The lowest BCUT2D eigenvalue weighted by molar-refractivity contribution is -0.121. The summed E-state index contributed by atoms with van der Waals surface area (Å²) < 4.78 is 29.8. The van der Waals surface area contributed by atoms with E-state index in [4.69, 9.17) is 11.6 Å². The van der Waals surface area contributed by atoms with E-state index in [1.807, 2.05) is 0 Å². The number of nitrogens with one attached hydrogen (secondary N) is 4. The normalized spacial score (nSPS) is 18.3. The Morgan fingerprint density at radius 2 is 1.87 bits per heavy atom. The molecule has 1 aromatic carbocycles. The first-order chi connectivity index (χ1) is 14.8. The maximum atomic E-state index is 13.0. The molecule has 2 amide bonds. The van der Waals surface area contributed by atoms with Gasteiger partial charge in [-0.25, -0.2) is 4.72 Å². The summed E-state index contributed by atoms with van der Waals surface area (Å²) in [6.45, 7) is 0.679. The van der Waals surface area contributed by atoms with Crippen molar-refractivity contribution < 1.29 is 18.0 Å². The Morgan fingerprint density at radius 3 is 2.58 bits per heavy atom. The van der Waals surface area contributed by atoms with E-state index in [1.165, 1.54) is 11.3 Å². The highest BCUT2D eigenvalue weighted by Gasteiger charge is 2.30. The SMILES string of the molecule is O=C(Nc1ccc(Cl)cc1)c1c(NS(=O)(=O)NC(=O)C2CCCCN2)sc2c1CCC2. The highest BCUT2D eigenvalue weighted by Crippen LogP contribution is 2.39. The average Bonchev–Trinajstić information content (AvgIpc) is 3.30. The van der Waals surface area contributed by atoms with Crippen molar-refractivity contribution in [3.8, 4) is 0 Å². The molecule has 1 atom stereocenters. The van der Waals surface area contributed by atoms with E-state index in [2.05, 4.69) is 20.1 Å². The van der Waals surface area contributed by atoms with Crippen LogP contribution < -0.4 is 20.1 Å². The maximum Gasteiger partial charge on any atom is 0.324 e. The highest BCUT2D eigenvalue weighted by atomic mass is 35.5. The van der Waals surface area contributed by atoms with Gasteiger partial charge in [0.05, 0.1) is 11.6 Å². The van der Waals surface area contributed by atoms with Crippen molar-refractivity contribution in [2.24, 2.45) is 0 Å². The zero-order chi connectivity index (χ0) is 22.0. The fourth-order valence-corrected chi connectivity index (χ4v) is 6.43. The number of hydrogen-bond acceptors (Lipinski definition) is 6. The quantitative estimate of drug-likeness (QED) is 0.505. The number of halogens is 1. The van der Waals surface area contributed by atoms with Crippen LogP contribution in [0, 0.1) is 0 Å². The van der Waals surface area contributed by atoms with Gasteiger partial charge in [0.25, 0.3) is 11.8 Å². The number of fused-ring (bicyclic) bond motifs is 1. The number of benzene rings is 1. The molecule has 1 fully saturated rings. The first-order valence-electron chi connectivity index (χ1n) is 10.1. The molecule has 0 spiro atoms. The van der Waals surface area contributed by atoms with Gasteiger partial charge in [-0.1, -0.05) is 18.0 Å². The minimum atomic E-state index is -4.18. The fraction of sp³-hybridized carbons (Fsp3) is 0.400. The van der Waals surface area contributed by atoms with Crippen LogP contribution in [0.15, 0.2) is 24.3 Å². The third kappa shape index (κ3) is 5.20. The lowest BCUT2D eigenvalue weighted by Crippen LogP contribution is -2.49. The van der Waals surface area contributed by atoms with Gasteiger partial charge in [-0.05, 0) is 68.5 Å².